The second kappa shape index (κ2) is 6.40. The molecule has 7 heteroatoms. The molecular formula is C4H12IO5S-. The number of rotatable bonds is 6. The monoisotopic (exact) mass is 299 g/mol. The quantitative estimate of drug-likeness (QED) is 0.276. The van der Waals surface area contributed by atoms with Crippen molar-refractivity contribution in [2.45, 2.75) is 6.92 Å². The van der Waals surface area contributed by atoms with Crippen LogP contribution in [0.1, 0.15) is 6.92 Å². The van der Waals surface area contributed by atoms with Crippen LogP contribution in [0.25, 0.3) is 0 Å². The number of hydrogen-bond donors (Lipinski definition) is 3. The Morgan fingerprint density at radius 2 is 2.00 bits per heavy atom. The van der Waals surface area contributed by atoms with Gasteiger partial charge in [0, 0.05) is 0 Å². The van der Waals surface area contributed by atoms with Crippen LogP contribution < -0.4 is 18.3 Å². The molecule has 0 amide bonds. The maximum atomic E-state index is 8.79. The van der Waals surface area contributed by atoms with Crippen LogP contribution in [-0.2, 0) is 7.80 Å². The van der Waals surface area contributed by atoms with Crippen LogP contribution in [-0.4, -0.2) is 31.2 Å². The first kappa shape index (κ1) is 11.9. The molecule has 0 aliphatic carbocycles. The molecule has 0 aromatic rings. The van der Waals surface area contributed by atoms with E-state index in [1.54, 1.807) is 0 Å². The average Bonchev–Trinajstić information content (AvgIpc) is 1.99. The van der Waals surface area contributed by atoms with E-state index in [0.717, 1.165) is 0 Å². The van der Waals surface area contributed by atoms with Crippen molar-refractivity contribution in [2.24, 2.45) is 0 Å². The van der Waals surface area contributed by atoms with E-state index in [0.29, 0.717) is 13.2 Å². The Morgan fingerprint density at radius 1 is 1.36 bits per heavy atom. The molecule has 0 radical (unpaired) electrons. The first-order valence-electron chi connectivity index (χ1n) is 2.90. The molecule has 0 saturated carbocycles. The minimum absolute atomic E-state index is 0.00154. The molecule has 0 aromatic carbocycles. The molecule has 0 spiro atoms. The predicted molar refractivity (Wildman–Crippen MR) is 37.1 cm³/mol. The molecule has 0 bridgehead atoms. The van der Waals surface area contributed by atoms with Gasteiger partial charge in [-0.25, -0.2) is 0 Å². The zero-order chi connectivity index (χ0) is 8.74. The zero-order valence-corrected chi connectivity index (χ0v) is 9.04. The summed E-state index contributed by atoms with van der Waals surface area (Å²) in [5, 5.41) is 0. The van der Waals surface area contributed by atoms with Crippen LogP contribution in [0.4, 0.5) is 0 Å². The van der Waals surface area contributed by atoms with Gasteiger partial charge in [-0.1, -0.05) is 0 Å². The Labute approximate surface area is 73.5 Å². The van der Waals surface area contributed by atoms with Crippen LogP contribution in [0.2, 0.25) is 0 Å². The maximum absolute atomic E-state index is 8.79. The van der Waals surface area contributed by atoms with Crippen molar-refractivity contribution < 1.29 is 37.5 Å². The summed E-state index contributed by atoms with van der Waals surface area (Å²) in [5.74, 6) is 0. The third-order valence-electron chi connectivity index (χ3n) is 0.741. The Bertz CT molecular complexity index is 100. The third-order valence-corrected chi connectivity index (χ3v) is 4.31. The molecule has 0 aliphatic heterocycles. The summed E-state index contributed by atoms with van der Waals surface area (Å²) in [6.07, 6.45) is 0. The molecule has 72 valence electrons. The van der Waals surface area contributed by atoms with Crippen molar-refractivity contribution in [3.63, 3.8) is 0 Å². The summed E-state index contributed by atoms with van der Waals surface area (Å²) in [6.45, 7) is 2.80. The van der Waals surface area contributed by atoms with E-state index in [4.69, 9.17) is 16.2 Å². The van der Waals surface area contributed by atoms with Crippen molar-refractivity contribution >= 4 is 9.21 Å². The van der Waals surface area contributed by atoms with E-state index in [1.165, 1.54) is 0 Å². The van der Waals surface area contributed by atoms with Gasteiger partial charge in [0.15, 0.2) is 0 Å². The van der Waals surface area contributed by atoms with E-state index < -0.39 is 18.3 Å². The standard InChI is InChI=1S/C4H12IO5S/c1-2-9-3-4-10-5(6,7)11-8/h6-8H,2-4H2,1H3/q-1. The fourth-order valence-corrected chi connectivity index (χ4v) is 1.91. The summed E-state index contributed by atoms with van der Waals surface area (Å²) >= 11 is -4.23. The molecule has 0 unspecified atom stereocenters. The Hall–Kier alpha value is 0.880. The van der Waals surface area contributed by atoms with Crippen LogP contribution >= 0.6 is 9.21 Å². The average molecular weight is 299 g/mol. The molecule has 5 nitrogen and oxygen atoms in total. The van der Waals surface area contributed by atoms with Gasteiger partial charge in [-0.05, 0) is 0 Å². The summed E-state index contributed by atoms with van der Waals surface area (Å²) in [4.78, 5) is 0. The minimum atomic E-state index is -4.23. The van der Waals surface area contributed by atoms with E-state index in [2.05, 4.69) is 3.07 Å². The van der Waals surface area contributed by atoms with Gasteiger partial charge in [-0.3, -0.25) is 0 Å². The van der Waals surface area contributed by atoms with E-state index in [-0.39, 0.29) is 15.8 Å². The molecule has 3 N–H and O–H groups in total. The van der Waals surface area contributed by atoms with Gasteiger partial charge in [0.2, 0.25) is 0 Å². The van der Waals surface area contributed by atoms with Gasteiger partial charge in [0.1, 0.15) is 0 Å². The third kappa shape index (κ3) is 7.25. The van der Waals surface area contributed by atoms with Crippen LogP contribution in [0.15, 0.2) is 0 Å². The molecule has 0 rings (SSSR count). The first-order valence-corrected chi connectivity index (χ1v) is 9.03. The second-order valence-corrected chi connectivity index (χ2v) is 8.50. The summed E-state index contributed by atoms with van der Waals surface area (Å²) in [5.41, 5.74) is 0. The van der Waals surface area contributed by atoms with Gasteiger partial charge in [-0.2, -0.15) is 0 Å². The van der Waals surface area contributed by atoms with Crippen molar-refractivity contribution in [3.8, 4) is 0 Å². The zero-order valence-electron chi connectivity index (χ0n) is 6.07. The Kier molecular flexibility index (Phi) is 6.91. The predicted octanol–water partition coefficient (Wildman–Crippen LogP) is -2.95. The topological polar surface area (TPSA) is 79.2 Å². The van der Waals surface area contributed by atoms with Crippen molar-refractivity contribution in [2.75, 3.05) is 19.8 Å². The molecule has 0 heterocycles. The Morgan fingerprint density at radius 3 is 2.45 bits per heavy atom. The molecule has 11 heavy (non-hydrogen) atoms. The normalized spacial score (nSPS) is 13.5. The SMILES string of the molecule is CCOCCO[I-](O)(O)SO. The van der Waals surface area contributed by atoms with Crippen molar-refractivity contribution in [1.29, 1.82) is 0 Å². The van der Waals surface area contributed by atoms with E-state index in [1.807, 2.05) is 6.92 Å². The summed E-state index contributed by atoms with van der Waals surface area (Å²) in [6, 6.07) is 0. The van der Waals surface area contributed by atoms with Crippen molar-refractivity contribution in [1.82, 2.24) is 0 Å². The van der Waals surface area contributed by atoms with Gasteiger partial charge >= 0.3 is 73.5 Å². The second-order valence-electron chi connectivity index (χ2n) is 1.49. The molecule has 0 fully saturated rings. The molecule has 0 aliphatic rings. The van der Waals surface area contributed by atoms with E-state index in [9.17, 15) is 0 Å². The molecule has 0 aromatic heterocycles. The fourth-order valence-electron chi connectivity index (χ4n) is 0.355. The van der Waals surface area contributed by atoms with Gasteiger partial charge < -0.3 is 0 Å². The number of ether oxygens (including phenoxy) is 1. The number of hydrogen-bond acceptors (Lipinski definition) is 6. The molecule has 0 atom stereocenters. The van der Waals surface area contributed by atoms with Crippen molar-refractivity contribution in [3.05, 3.63) is 0 Å². The number of halogens is 1. The van der Waals surface area contributed by atoms with Gasteiger partial charge in [0.05, 0.1) is 0 Å². The van der Waals surface area contributed by atoms with Gasteiger partial charge in [-0.15, -0.1) is 0 Å². The molecule has 0 saturated heterocycles. The van der Waals surface area contributed by atoms with Crippen LogP contribution in [0.3, 0.4) is 0 Å². The van der Waals surface area contributed by atoms with Gasteiger partial charge in [0.25, 0.3) is 0 Å². The Balaban J connectivity index is 3.23. The molecular weight excluding hydrogens is 287 g/mol. The van der Waals surface area contributed by atoms with Crippen LogP contribution in [0, 0.1) is 0 Å². The first-order chi connectivity index (χ1) is 5.12. The van der Waals surface area contributed by atoms with E-state index >= 15 is 0 Å². The fraction of sp³-hybridized carbons (Fsp3) is 1.00. The summed E-state index contributed by atoms with van der Waals surface area (Å²) in [7, 11) is -0.00154. The van der Waals surface area contributed by atoms with Crippen LogP contribution in [0.5, 0.6) is 0 Å². The summed E-state index contributed by atoms with van der Waals surface area (Å²) < 4.78 is 35.3.